The summed E-state index contributed by atoms with van der Waals surface area (Å²) in [6.07, 6.45) is 0. The lowest BCUT2D eigenvalue weighted by molar-refractivity contribution is 0.0956. The zero-order valence-electron chi connectivity index (χ0n) is 12.3. The Morgan fingerprint density at radius 1 is 1.11 bits per heavy atom. The predicted molar refractivity (Wildman–Crippen MR) is 80.7 cm³/mol. The second kappa shape index (κ2) is 7.14. The zero-order chi connectivity index (χ0) is 14.3. The van der Waals surface area contributed by atoms with Crippen LogP contribution in [-0.4, -0.2) is 31.1 Å². The van der Waals surface area contributed by atoms with Gasteiger partial charge in [0, 0.05) is 36.4 Å². The molecule has 0 saturated heterocycles. The standard InChI is InChI=1S/C15H25N3O/c1-5-16-14(19)12-6-8-13(9-7-12)17-10-11-18-15(2,3)4/h6-9,17-18H,5,10-11H2,1-4H3,(H,16,19). The molecule has 0 unspecified atom stereocenters. The Hall–Kier alpha value is -1.55. The van der Waals surface area contributed by atoms with E-state index in [2.05, 4.69) is 36.7 Å². The van der Waals surface area contributed by atoms with E-state index in [0.29, 0.717) is 12.1 Å². The molecule has 19 heavy (non-hydrogen) atoms. The average Bonchev–Trinajstić information content (AvgIpc) is 2.34. The van der Waals surface area contributed by atoms with E-state index in [1.807, 2.05) is 31.2 Å². The topological polar surface area (TPSA) is 53.2 Å². The van der Waals surface area contributed by atoms with Gasteiger partial charge < -0.3 is 16.0 Å². The molecule has 0 atom stereocenters. The molecule has 3 N–H and O–H groups in total. The van der Waals surface area contributed by atoms with Gasteiger partial charge in [-0.05, 0) is 52.0 Å². The Labute approximate surface area is 116 Å². The average molecular weight is 263 g/mol. The van der Waals surface area contributed by atoms with Crippen molar-refractivity contribution in [2.45, 2.75) is 33.2 Å². The van der Waals surface area contributed by atoms with Gasteiger partial charge in [0.25, 0.3) is 5.91 Å². The van der Waals surface area contributed by atoms with Crippen LogP contribution in [0.25, 0.3) is 0 Å². The Kier molecular flexibility index (Phi) is 5.83. The molecule has 0 fully saturated rings. The maximum atomic E-state index is 11.6. The van der Waals surface area contributed by atoms with Gasteiger partial charge in [-0.2, -0.15) is 0 Å². The third kappa shape index (κ3) is 6.25. The van der Waals surface area contributed by atoms with Crippen molar-refractivity contribution < 1.29 is 4.79 Å². The van der Waals surface area contributed by atoms with Gasteiger partial charge in [0.05, 0.1) is 0 Å². The first kappa shape index (κ1) is 15.5. The fourth-order valence-electron chi connectivity index (χ4n) is 1.65. The highest BCUT2D eigenvalue weighted by Gasteiger charge is 2.07. The lowest BCUT2D eigenvalue weighted by Crippen LogP contribution is -2.38. The van der Waals surface area contributed by atoms with Crippen LogP contribution in [0, 0.1) is 0 Å². The van der Waals surface area contributed by atoms with Gasteiger partial charge >= 0.3 is 0 Å². The summed E-state index contributed by atoms with van der Waals surface area (Å²) in [6.45, 7) is 10.8. The maximum Gasteiger partial charge on any atom is 0.251 e. The van der Waals surface area contributed by atoms with Crippen LogP contribution in [-0.2, 0) is 0 Å². The van der Waals surface area contributed by atoms with E-state index in [-0.39, 0.29) is 11.4 Å². The first-order chi connectivity index (χ1) is 8.92. The van der Waals surface area contributed by atoms with Crippen LogP contribution in [0.3, 0.4) is 0 Å². The van der Waals surface area contributed by atoms with Crippen LogP contribution in [0.15, 0.2) is 24.3 Å². The van der Waals surface area contributed by atoms with E-state index in [1.165, 1.54) is 0 Å². The third-order valence-corrected chi connectivity index (χ3v) is 2.59. The smallest absolute Gasteiger partial charge is 0.251 e. The van der Waals surface area contributed by atoms with Crippen LogP contribution >= 0.6 is 0 Å². The molecule has 0 radical (unpaired) electrons. The van der Waals surface area contributed by atoms with Gasteiger partial charge in [-0.15, -0.1) is 0 Å². The van der Waals surface area contributed by atoms with E-state index >= 15 is 0 Å². The molecular weight excluding hydrogens is 238 g/mol. The fourth-order valence-corrected chi connectivity index (χ4v) is 1.65. The fraction of sp³-hybridized carbons (Fsp3) is 0.533. The summed E-state index contributed by atoms with van der Waals surface area (Å²) in [6, 6.07) is 7.54. The van der Waals surface area contributed by atoms with Crippen molar-refractivity contribution >= 4 is 11.6 Å². The predicted octanol–water partition coefficient (Wildman–Crippen LogP) is 2.24. The van der Waals surface area contributed by atoms with E-state index < -0.39 is 0 Å². The maximum absolute atomic E-state index is 11.6. The quantitative estimate of drug-likeness (QED) is 0.690. The number of benzene rings is 1. The molecule has 0 heterocycles. The number of nitrogens with one attached hydrogen (secondary N) is 3. The van der Waals surface area contributed by atoms with E-state index in [0.717, 1.165) is 18.8 Å². The summed E-state index contributed by atoms with van der Waals surface area (Å²) in [5.41, 5.74) is 1.87. The van der Waals surface area contributed by atoms with Crippen LogP contribution in [0.2, 0.25) is 0 Å². The summed E-state index contributed by atoms with van der Waals surface area (Å²) < 4.78 is 0. The Bertz CT molecular complexity index is 393. The number of anilines is 1. The molecule has 0 aromatic heterocycles. The van der Waals surface area contributed by atoms with Crippen molar-refractivity contribution in [3.8, 4) is 0 Å². The monoisotopic (exact) mass is 263 g/mol. The van der Waals surface area contributed by atoms with Crippen LogP contribution in [0.4, 0.5) is 5.69 Å². The van der Waals surface area contributed by atoms with Crippen LogP contribution in [0.5, 0.6) is 0 Å². The molecule has 1 aromatic rings. The minimum absolute atomic E-state index is 0.0246. The second-order valence-electron chi connectivity index (χ2n) is 5.54. The molecule has 0 aliphatic rings. The summed E-state index contributed by atoms with van der Waals surface area (Å²) >= 11 is 0. The Morgan fingerprint density at radius 3 is 2.26 bits per heavy atom. The number of carbonyl (C=O) groups excluding carboxylic acids is 1. The Balaban J connectivity index is 2.38. The minimum Gasteiger partial charge on any atom is -0.384 e. The summed E-state index contributed by atoms with van der Waals surface area (Å²) in [4.78, 5) is 11.6. The number of hydrogen-bond donors (Lipinski definition) is 3. The van der Waals surface area contributed by atoms with Crippen LogP contribution in [0.1, 0.15) is 38.1 Å². The summed E-state index contributed by atoms with van der Waals surface area (Å²) in [5, 5.41) is 9.51. The number of amides is 1. The molecule has 0 aliphatic heterocycles. The van der Waals surface area contributed by atoms with Crippen molar-refractivity contribution in [1.29, 1.82) is 0 Å². The largest absolute Gasteiger partial charge is 0.384 e. The molecule has 1 aromatic carbocycles. The van der Waals surface area contributed by atoms with Gasteiger partial charge in [0.15, 0.2) is 0 Å². The normalized spacial score (nSPS) is 11.2. The van der Waals surface area contributed by atoms with Gasteiger partial charge in [-0.25, -0.2) is 0 Å². The second-order valence-corrected chi connectivity index (χ2v) is 5.54. The first-order valence-corrected chi connectivity index (χ1v) is 6.79. The van der Waals surface area contributed by atoms with Crippen molar-refractivity contribution in [3.63, 3.8) is 0 Å². The summed E-state index contributed by atoms with van der Waals surface area (Å²) in [5.74, 6) is -0.0246. The number of carbonyl (C=O) groups is 1. The lowest BCUT2D eigenvalue weighted by Gasteiger charge is -2.20. The molecule has 106 valence electrons. The van der Waals surface area contributed by atoms with Crippen molar-refractivity contribution in [2.24, 2.45) is 0 Å². The zero-order valence-corrected chi connectivity index (χ0v) is 12.3. The molecule has 4 heteroatoms. The molecule has 0 aliphatic carbocycles. The van der Waals surface area contributed by atoms with E-state index in [1.54, 1.807) is 0 Å². The molecule has 0 spiro atoms. The molecule has 0 saturated carbocycles. The van der Waals surface area contributed by atoms with Gasteiger partial charge in [0.1, 0.15) is 0 Å². The van der Waals surface area contributed by atoms with Gasteiger partial charge in [0.2, 0.25) is 0 Å². The molecule has 4 nitrogen and oxygen atoms in total. The first-order valence-electron chi connectivity index (χ1n) is 6.79. The van der Waals surface area contributed by atoms with E-state index in [9.17, 15) is 4.79 Å². The highest BCUT2D eigenvalue weighted by Crippen LogP contribution is 2.09. The molecule has 0 bridgehead atoms. The van der Waals surface area contributed by atoms with Gasteiger partial charge in [-0.3, -0.25) is 4.79 Å². The molecule has 1 amide bonds. The SMILES string of the molecule is CCNC(=O)c1ccc(NCCNC(C)(C)C)cc1. The molecule has 1 rings (SSSR count). The third-order valence-electron chi connectivity index (χ3n) is 2.59. The highest BCUT2D eigenvalue weighted by atomic mass is 16.1. The number of hydrogen-bond acceptors (Lipinski definition) is 3. The van der Waals surface area contributed by atoms with E-state index in [4.69, 9.17) is 0 Å². The summed E-state index contributed by atoms with van der Waals surface area (Å²) in [7, 11) is 0. The minimum atomic E-state index is -0.0246. The number of rotatable bonds is 6. The van der Waals surface area contributed by atoms with Gasteiger partial charge in [-0.1, -0.05) is 0 Å². The lowest BCUT2D eigenvalue weighted by atomic mass is 10.1. The van der Waals surface area contributed by atoms with Crippen LogP contribution < -0.4 is 16.0 Å². The van der Waals surface area contributed by atoms with Crippen molar-refractivity contribution in [3.05, 3.63) is 29.8 Å². The van der Waals surface area contributed by atoms with Crippen molar-refractivity contribution in [1.82, 2.24) is 10.6 Å². The van der Waals surface area contributed by atoms with Crippen molar-refractivity contribution in [2.75, 3.05) is 25.0 Å². The highest BCUT2D eigenvalue weighted by molar-refractivity contribution is 5.94. The molecular formula is C15H25N3O. The Morgan fingerprint density at radius 2 is 1.74 bits per heavy atom.